The Labute approximate surface area is 138 Å². The number of hydrogen-bond donors (Lipinski definition) is 1. The summed E-state index contributed by atoms with van der Waals surface area (Å²) in [5.74, 6) is 0.501. The summed E-state index contributed by atoms with van der Waals surface area (Å²) in [6, 6.07) is 6.08. The molecular formula is C18H26N4O. The fourth-order valence-corrected chi connectivity index (χ4v) is 2.52. The third-order valence-electron chi connectivity index (χ3n) is 3.81. The van der Waals surface area contributed by atoms with E-state index in [4.69, 9.17) is 0 Å². The Morgan fingerprint density at radius 2 is 1.96 bits per heavy atom. The van der Waals surface area contributed by atoms with E-state index >= 15 is 0 Å². The summed E-state index contributed by atoms with van der Waals surface area (Å²) in [6.07, 6.45) is 2.09. The number of amides is 1. The van der Waals surface area contributed by atoms with E-state index in [1.165, 1.54) is 5.56 Å². The van der Waals surface area contributed by atoms with Gasteiger partial charge in [0, 0.05) is 6.54 Å². The molecule has 0 aliphatic rings. The lowest BCUT2D eigenvalue weighted by Gasteiger charge is -2.06. The Hall–Kier alpha value is -2.17. The van der Waals surface area contributed by atoms with Gasteiger partial charge in [-0.05, 0) is 51.2 Å². The van der Waals surface area contributed by atoms with Gasteiger partial charge in [0.15, 0.2) is 5.69 Å². The molecule has 0 aliphatic heterocycles. The van der Waals surface area contributed by atoms with Crippen molar-refractivity contribution in [2.24, 2.45) is 5.92 Å². The first-order valence-corrected chi connectivity index (χ1v) is 8.18. The molecule has 2 aromatic rings. The van der Waals surface area contributed by atoms with Gasteiger partial charge < -0.3 is 5.32 Å². The lowest BCUT2D eigenvalue weighted by molar-refractivity contribution is 0.0946. The first-order valence-electron chi connectivity index (χ1n) is 8.18. The van der Waals surface area contributed by atoms with Gasteiger partial charge in [0.25, 0.3) is 5.91 Å². The summed E-state index contributed by atoms with van der Waals surface area (Å²) >= 11 is 0. The maximum absolute atomic E-state index is 12.3. The van der Waals surface area contributed by atoms with Gasteiger partial charge in [-0.15, -0.1) is 5.10 Å². The van der Waals surface area contributed by atoms with Crippen molar-refractivity contribution in [3.8, 4) is 5.69 Å². The average molecular weight is 314 g/mol. The summed E-state index contributed by atoms with van der Waals surface area (Å²) in [5, 5.41) is 11.7. The molecule has 1 aromatic heterocycles. The summed E-state index contributed by atoms with van der Waals surface area (Å²) in [6.45, 7) is 10.9. The van der Waals surface area contributed by atoms with E-state index in [1.807, 2.05) is 26.0 Å². The van der Waals surface area contributed by atoms with E-state index in [-0.39, 0.29) is 5.91 Å². The smallest absolute Gasteiger partial charge is 0.273 e. The second-order valence-electron chi connectivity index (χ2n) is 6.51. The van der Waals surface area contributed by atoms with Crippen LogP contribution in [0.4, 0.5) is 0 Å². The fraction of sp³-hybridized carbons (Fsp3) is 0.500. The molecule has 0 fully saturated rings. The van der Waals surface area contributed by atoms with Crippen molar-refractivity contribution in [2.45, 2.75) is 47.5 Å². The van der Waals surface area contributed by atoms with Crippen LogP contribution in [0.2, 0.25) is 0 Å². The molecule has 5 heteroatoms. The van der Waals surface area contributed by atoms with Crippen molar-refractivity contribution in [3.05, 3.63) is 40.7 Å². The van der Waals surface area contributed by atoms with E-state index in [2.05, 4.69) is 42.4 Å². The molecule has 0 radical (unpaired) electrons. The van der Waals surface area contributed by atoms with Crippen LogP contribution in [0.1, 0.15) is 54.0 Å². The van der Waals surface area contributed by atoms with E-state index < -0.39 is 0 Å². The molecule has 5 nitrogen and oxygen atoms in total. The minimum absolute atomic E-state index is 0.151. The van der Waals surface area contributed by atoms with Gasteiger partial charge in [-0.1, -0.05) is 31.5 Å². The Bertz CT molecular complexity index is 688. The van der Waals surface area contributed by atoms with Gasteiger partial charge in [-0.2, -0.15) is 9.90 Å². The Morgan fingerprint density at radius 3 is 2.61 bits per heavy atom. The number of benzene rings is 1. The molecule has 0 bridgehead atoms. The van der Waals surface area contributed by atoms with Crippen molar-refractivity contribution in [2.75, 3.05) is 6.54 Å². The monoisotopic (exact) mass is 314 g/mol. The summed E-state index contributed by atoms with van der Waals surface area (Å²) in [7, 11) is 0. The van der Waals surface area contributed by atoms with Crippen LogP contribution in [-0.4, -0.2) is 27.4 Å². The number of hydrogen-bond acceptors (Lipinski definition) is 3. The van der Waals surface area contributed by atoms with Gasteiger partial charge in [-0.25, -0.2) is 0 Å². The highest BCUT2D eigenvalue weighted by molar-refractivity contribution is 5.93. The standard InChI is InChI=1S/C18H26N4O/c1-12(2)7-6-10-19-18(23)17-15(5)20-22(21-17)16-9-8-13(3)11-14(16)4/h8-9,11-12H,6-7,10H2,1-5H3,(H,19,23). The van der Waals surface area contributed by atoms with Crippen LogP contribution in [0.3, 0.4) is 0 Å². The summed E-state index contributed by atoms with van der Waals surface area (Å²) < 4.78 is 0. The molecule has 23 heavy (non-hydrogen) atoms. The highest BCUT2D eigenvalue weighted by Crippen LogP contribution is 2.15. The van der Waals surface area contributed by atoms with Crippen molar-refractivity contribution in [3.63, 3.8) is 0 Å². The first kappa shape index (κ1) is 17.2. The molecule has 1 aromatic carbocycles. The van der Waals surface area contributed by atoms with Crippen molar-refractivity contribution in [1.82, 2.24) is 20.3 Å². The van der Waals surface area contributed by atoms with Gasteiger partial charge >= 0.3 is 0 Å². The van der Waals surface area contributed by atoms with E-state index in [1.54, 1.807) is 4.80 Å². The third-order valence-corrected chi connectivity index (χ3v) is 3.81. The Balaban J connectivity index is 2.10. The highest BCUT2D eigenvalue weighted by atomic mass is 16.2. The lowest BCUT2D eigenvalue weighted by atomic mass is 10.1. The Kier molecular flexibility index (Phi) is 5.53. The van der Waals surface area contributed by atoms with E-state index in [0.717, 1.165) is 24.1 Å². The molecule has 0 aliphatic carbocycles. The highest BCUT2D eigenvalue weighted by Gasteiger charge is 2.16. The number of aromatic nitrogens is 3. The normalized spacial score (nSPS) is 11.0. The minimum atomic E-state index is -0.151. The molecule has 1 heterocycles. The predicted octanol–water partition coefficient (Wildman–Crippen LogP) is 3.36. The van der Waals surface area contributed by atoms with Crippen molar-refractivity contribution in [1.29, 1.82) is 0 Å². The van der Waals surface area contributed by atoms with Gasteiger partial charge in [0.05, 0.1) is 11.4 Å². The third kappa shape index (κ3) is 4.41. The zero-order valence-corrected chi connectivity index (χ0v) is 14.7. The topological polar surface area (TPSA) is 59.8 Å². The zero-order chi connectivity index (χ0) is 17.0. The molecule has 0 atom stereocenters. The maximum atomic E-state index is 12.3. The van der Waals surface area contributed by atoms with Crippen molar-refractivity contribution >= 4 is 5.91 Å². The van der Waals surface area contributed by atoms with Crippen molar-refractivity contribution < 1.29 is 4.79 Å². The molecule has 0 saturated carbocycles. The minimum Gasteiger partial charge on any atom is -0.351 e. The number of carbonyl (C=O) groups is 1. The number of rotatable bonds is 6. The fourth-order valence-electron chi connectivity index (χ4n) is 2.52. The molecule has 124 valence electrons. The van der Waals surface area contributed by atoms with Crippen LogP contribution < -0.4 is 5.32 Å². The van der Waals surface area contributed by atoms with Crippen LogP contribution in [0.15, 0.2) is 18.2 Å². The number of nitrogens with zero attached hydrogens (tertiary/aromatic N) is 3. The molecule has 1 N–H and O–H groups in total. The van der Waals surface area contributed by atoms with Gasteiger partial charge in [-0.3, -0.25) is 4.79 Å². The summed E-state index contributed by atoms with van der Waals surface area (Å²) in [4.78, 5) is 13.8. The van der Waals surface area contributed by atoms with E-state index in [0.29, 0.717) is 23.9 Å². The molecule has 2 rings (SSSR count). The molecule has 0 unspecified atom stereocenters. The molecular weight excluding hydrogens is 288 g/mol. The number of carbonyl (C=O) groups excluding carboxylic acids is 1. The lowest BCUT2D eigenvalue weighted by Crippen LogP contribution is -2.25. The van der Waals surface area contributed by atoms with Crippen LogP contribution >= 0.6 is 0 Å². The van der Waals surface area contributed by atoms with E-state index in [9.17, 15) is 4.79 Å². The number of nitrogens with one attached hydrogen (secondary N) is 1. The maximum Gasteiger partial charge on any atom is 0.273 e. The SMILES string of the molecule is Cc1ccc(-n2nc(C)c(C(=O)NCCCC(C)C)n2)c(C)c1. The molecule has 0 saturated heterocycles. The second kappa shape index (κ2) is 7.40. The van der Waals surface area contributed by atoms with Gasteiger partial charge in [0.2, 0.25) is 0 Å². The summed E-state index contributed by atoms with van der Waals surface area (Å²) in [5.41, 5.74) is 4.22. The van der Waals surface area contributed by atoms with Crippen LogP contribution in [-0.2, 0) is 0 Å². The molecule has 0 spiro atoms. The first-order chi connectivity index (χ1) is 10.9. The van der Waals surface area contributed by atoms with Crippen LogP contribution in [0.25, 0.3) is 5.69 Å². The van der Waals surface area contributed by atoms with Gasteiger partial charge in [0.1, 0.15) is 0 Å². The quantitative estimate of drug-likeness (QED) is 0.832. The largest absolute Gasteiger partial charge is 0.351 e. The Morgan fingerprint density at radius 1 is 1.22 bits per heavy atom. The van der Waals surface area contributed by atoms with Crippen LogP contribution in [0, 0.1) is 26.7 Å². The number of aryl methyl sites for hydroxylation is 3. The zero-order valence-electron chi connectivity index (χ0n) is 14.7. The molecule has 1 amide bonds. The predicted molar refractivity (Wildman–Crippen MR) is 92.0 cm³/mol. The second-order valence-corrected chi connectivity index (χ2v) is 6.51. The van der Waals surface area contributed by atoms with Crippen LogP contribution in [0.5, 0.6) is 0 Å². The average Bonchev–Trinajstić information content (AvgIpc) is 2.85.